The van der Waals surface area contributed by atoms with Gasteiger partial charge in [0.2, 0.25) is 0 Å². The largest absolute Gasteiger partial charge is 0.279 e. The van der Waals surface area contributed by atoms with Gasteiger partial charge in [-0.2, -0.15) is 4.39 Å². The van der Waals surface area contributed by atoms with Gasteiger partial charge < -0.3 is 0 Å². The summed E-state index contributed by atoms with van der Waals surface area (Å²) in [5.41, 5.74) is 1.64. The molecule has 0 amide bonds. The van der Waals surface area contributed by atoms with Gasteiger partial charge in [-0.1, -0.05) is 37.3 Å². The van der Waals surface area contributed by atoms with Crippen molar-refractivity contribution in [1.82, 2.24) is 0 Å². The fourth-order valence-electron chi connectivity index (χ4n) is 1.76. The zero-order valence-corrected chi connectivity index (χ0v) is 12.9. The van der Waals surface area contributed by atoms with E-state index >= 15 is 0 Å². The number of nitrogens with one attached hydrogen (secondary N) is 1. The van der Waals surface area contributed by atoms with Crippen molar-refractivity contribution < 1.29 is 12.8 Å². The summed E-state index contributed by atoms with van der Waals surface area (Å²) in [6.07, 6.45) is 1.03. The van der Waals surface area contributed by atoms with E-state index in [1.165, 1.54) is 6.07 Å². The van der Waals surface area contributed by atoms with Gasteiger partial charge in [0.15, 0.2) is 5.13 Å². The quantitative estimate of drug-likeness (QED) is 0.899. The van der Waals surface area contributed by atoms with Crippen LogP contribution in [0.1, 0.15) is 31.7 Å². The van der Waals surface area contributed by atoms with Crippen molar-refractivity contribution in [2.45, 2.75) is 30.4 Å². The minimum Gasteiger partial charge on any atom is -0.279 e. The molecule has 0 spiro atoms. The third-order valence-corrected chi connectivity index (χ3v) is 5.90. The summed E-state index contributed by atoms with van der Waals surface area (Å²) in [5, 5.41) is -0.516. The highest BCUT2D eigenvalue weighted by atomic mass is 32.2. The smallest absolute Gasteiger partial charge is 0.271 e. The van der Waals surface area contributed by atoms with E-state index in [0.29, 0.717) is 22.9 Å². The van der Waals surface area contributed by atoms with Crippen LogP contribution in [0.25, 0.3) is 0 Å². The standard InChI is InChI=1S/C14H16FNO2S2/c1-3-10(2)11-4-6-12(7-5-11)16-20(17,18)14-9-8-13(15)19-14/h4-10,16H,3H2,1-2H3. The molecule has 1 atom stereocenters. The maximum Gasteiger partial charge on any atom is 0.271 e. The van der Waals surface area contributed by atoms with Gasteiger partial charge >= 0.3 is 0 Å². The number of sulfonamides is 1. The van der Waals surface area contributed by atoms with Crippen molar-refractivity contribution in [2.75, 3.05) is 4.72 Å². The van der Waals surface area contributed by atoms with Crippen LogP contribution in [0.5, 0.6) is 0 Å². The van der Waals surface area contributed by atoms with Crippen LogP contribution in [0.2, 0.25) is 0 Å². The Hall–Kier alpha value is -1.40. The van der Waals surface area contributed by atoms with E-state index in [-0.39, 0.29) is 4.21 Å². The molecule has 0 aliphatic carbocycles. The minimum atomic E-state index is -3.70. The first-order valence-corrected chi connectivity index (χ1v) is 8.60. The predicted octanol–water partition coefficient (Wildman–Crippen LogP) is 4.20. The summed E-state index contributed by atoms with van der Waals surface area (Å²) in [6.45, 7) is 4.22. The second-order valence-electron chi connectivity index (χ2n) is 4.60. The van der Waals surface area contributed by atoms with Crippen molar-refractivity contribution in [2.24, 2.45) is 0 Å². The Morgan fingerprint density at radius 1 is 1.20 bits per heavy atom. The fourth-order valence-corrected chi connectivity index (χ4v) is 3.82. The zero-order valence-electron chi connectivity index (χ0n) is 11.3. The molecule has 1 N–H and O–H groups in total. The van der Waals surface area contributed by atoms with Crippen molar-refractivity contribution >= 4 is 27.0 Å². The predicted molar refractivity (Wildman–Crippen MR) is 80.2 cm³/mol. The van der Waals surface area contributed by atoms with Crippen LogP contribution >= 0.6 is 11.3 Å². The highest BCUT2D eigenvalue weighted by molar-refractivity contribution is 7.94. The van der Waals surface area contributed by atoms with E-state index in [4.69, 9.17) is 0 Å². The molecule has 0 aliphatic rings. The molecular formula is C14H16FNO2S2. The van der Waals surface area contributed by atoms with Gasteiger partial charge in [0.05, 0.1) is 0 Å². The lowest BCUT2D eigenvalue weighted by Gasteiger charge is -2.10. The van der Waals surface area contributed by atoms with Gasteiger partial charge in [0.25, 0.3) is 10.0 Å². The lowest BCUT2D eigenvalue weighted by Crippen LogP contribution is -2.11. The third kappa shape index (κ3) is 3.37. The van der Waals surface area contributed by atoms with Crippen LogP contribution in [0.3, 0.4) is 0 Å². The van der Waals surface area contributed by atoms with Gasteiger partial charge in [-0.25, -0.2) is 8.42 Å². The van der Waals surface area contributed by atoms with E-state index in [2.05, 4.69) is 18.6 Å². The van der Waals surface area contributed by atoms with Crippen LogP contribution in [-0.2, 0) is 10.0 Å². The van der Waals surface area contributed by atoms with Crippen molar-refractivity contribution in [3.63, 3.8) is 0 Å². The lowest BCUT2D eigenvalue weighted by atomic mass is 9.99. The molecule has 6 heteroatoms. The monoisotopic (exact) mass is 313 g/mol. The van der Waals surface area contributed by atoms with Crippen LogP contribution in [0.4, 0.5) is 10.1 Å². The average molecular weight is 313 g/mol. The molecule has 0 saturated heterocycles. The molecule has 108 valence electrons. The summed E-state index contributed by atoms with van der Waals surface area (Å²) in [5.74, 6) is 0.437. The molecule has 0 saturated carbocycles. The average Bonchev–Trinajstić information content (AvgIpc) is 2.86. The number of benzene rings is 1. The molecule has 0 bridgehead atoms. The highest BCUT2D eigenvalue weighted by Crippen LogP contribution is 2.24. The van der Waals surface area contributed by atoms with Crippen LogP contribution in [0.15, 0.2) is 40.6 Å². The van der Waals surface area contributed by atoms with Crippen LogP contribution in [0, 0.1) is 5.13 Å². The Balaban J connectivity index is 2.18. The van der Waals surface area contributed by atoms with Crippen molar-refractivity contribution in [3.8, 4) is 0 Å². The molecule has 1 unspecified atom stereocenters. The molecule has 1 aromatic carbocycles. The topological polar surface area (TPSA) is 46.2 Å². The van der Waals surface area contributed by atoms with Crippen LogP contribution < -0.4 is 4.72 Å². The van der Waals surface area contributed by atoms with E-state index in [0.717, 1.165) is 18.1 Å². The SMILES string of the molecule is CCC(C)c1ccc(NS(=O)(=O)c2ccc(F)s2)cc1. The third-order valence-electron chi connectivity index (χ3n) is 3.16. The Morgan fingerprint density at radius 2 is 1.85 bits per heavy atom. The molecule has 2 aromatic rings. The molecule has 20 heavy (non-hydrogen) atoms. The highest BCUT2D eigenvalue weighted by Gasteiger charge is 2.17. The number of thiophene rings is 1. The summed E-state index contributed by atoms with van der Waals surface area (Å²) in [4.78, 5) is 0. The minimum absolute atomic E-state index is 0.0268. The van der Waals surface area contributed by atoms with Gasteiger partial charge in [0.1, 0.15) is 4.21 Å². The zero-order chi connectivity index (χ0) is 14.8. The molecular weight excluding hydrogens is 297 g/mol. The molecule has 1 heterocycles. The van der Waals surface area contributed by atoms with Crippen LogP contribution in [-0.4, -0.2) is 8.42 Å². The summed E-state index contributed by atoms with van der Waals surface area (Å²) >= 11 is 0.608. The van der Waals surface area contributed by atoms with E-state index < -0.39 is 15.2 Å². The second-order valence-corrected chi connectivity index (χ2v) is 7.54. The second kappa shape index (κ2) is 5.93. The maximum atomic E-state index is 12.9. The number of hydrogen-bond acceptors (Lipinski definition) is 3. The first kappa shape index (κ1) is 15.0. The number of halogens is 1. The Morgan fingerprint density at radius 3 is 2.35 bits per heavy atom. The van der Waals surface area contributed by atoms with E-state index in [1.54, 1.807) is 12.1 Å². The Labute approximate surface area is 122 Å². The first-order valence-electron chi connectivity index (χ1n) is 6.30. The Kier molecular flexibility index (Phi) is 4.45. The lowest BCUT2D eigenvalue weighted by molar-refractivity contribution is 0.603. The molecule has 0 aliphatic heterocycles. The molecule has 2 rings (SSSR count). The number of hydrogen-bond donors (Lipinski definition) is 1. The molecule has 1 aromatic heterocycles. The van der Waals surface area contributed by atoms with E-state index in [1.807, 2.05) is 12.1 Å². The normalized spacial score (nSPS) is 13.2. The summed E-state index contributed by atoms with van der Waals surface area (Å²) in [6, 6.07) is 9.66. The van der Waals surface area contributed by atoms with Gasteiger partial charge in [-0.05, 0) is 42.2 Å². The number of anilines is 1. The maximum absolute atomic E-state index is 12.9. The van der Waals surface area contributed by atoms with Crippen molar-refractivity contribution in [3.05, 3.63) is 47.1 Å². The Bertz CT molecular complexity index is 677. The van der Waals surface area contributed by atoms with Crippen molar-refractivity contribution in [1.29, 1.82) is 0 Å². The summed E-state index contributed by atoms with van der Waals surface area (Å²) < 4.78 is 39.4. The molecule has 0 radical (unpaired) electrons. The van der Waals surface area contributed by atoms with Gasteiger partial charge in [-0.3, -0.25) is 4.72 Å². The summed E-state index contributed by atoms with van der Waals surface area (Å²) in [7, 11) is -3.70. The number of rotatable bonds is 5. The molecule has 0 fully saturated rings. The van der Waals surface area contributed by atoms with Gasteiger partial charge in [-0.15, -0.1) is 0 Å². The molecule has 3 nitrogen and oxygen atoms in total. The fraction of sp³-hybridized carbons (Fsp3) is 0.286. The van der Waals surface area contributed by atoms with E-state index in [9.17, 15) is 12.8 Å². The van der Waals surface area contributed by atoms with Gasteiger partial charge in [0, 0.05) is 5.69 Å². The first-order chi connectivity index (χ1) is 9.42.